The van der Waals surface area contributed by atoms with Crippen LogP contribution in [0.15, 0.2) is 42.5 Å². The molecular weight excluding hydrogens is 312 g/mol. The minimum atomic E-state index is -0.406. The first-order valence-electron chi connectivity index (χ1n) is 8.93. The SMILES string of the molecule is CC(C)(C)C(=O)N1CCCC(C(=O)Nc2ccc3ccccc3c2)C1. The molecular formula is C21H26N2O2. The van der Waals surface area contributed by atoms with Crippen LogP contribution in [0.2, 0.25) is 0 Å². The number of fused-ring (bicyclic) bond motifs is 1. The highest BCUT2D eigenvalue weighted by atomic mass is 16.2. The molecule has 0 aromatic heterocycles. The van der Waals surface area contributed by atoms with Crippen LogP contribution in [0.3, 0.4) is 0 Å². The maximum absolute atomic E-state index is 12.7. The lowest BCUT2D eigenvalue weighted by Crippen LogP contribution is -2.47. The Hall–Kier alpha value is -2.36. The van der Waals surface area contributed by atoms with Gasteiger partial charge in [-0.15, -0.1) is 0 Å². The van der Waals surface area contributed by atoms with Crippen molar-refractivity contribution in [3.05, 3.63) is 42.5 Å². The van der Waals surface area contributed by atoms with Gasteiger partial charge in [0.2, 0.25) is 11.8 Å². The number of nitrogens with zero attached hydrogens (tertiary/aromatic N) is 1. The highest BCUT2D eigenvalue weighted by molar-refractivity contribution is 5.96. The molecule has 1 saturated heterocycles. The van der Waals surface area contributed by atoms with Crippen LogP contribution < -0.4 is 5.32 Å². The molecule has 1 unspecified atom stereocenters. The molecule has 2 amide bonds. The third-order valence-corrected chi connectivity index (χ3v) is 4.74. The van der Waals surface area contributed by atoms with Gasteiger partial charge in [0.15, 0.2) is 0 Å². The summed E-state index contributed by atoms with van der Waals surface area (Å²) in [6, 6.07) is 14.0. The number of amides is 2. The number of benzene rings is 2. The largest absolute Gasteiger partial charge is 0.341 e. The molecule has 0 radical (unpaired) electrons. The van der Waals surface area contributed by atoms with Gasteiger partial charge in [0, 0.05) is 24.2 Å². The van der Waals surface area contributed by atoms with E-state index >= 15 is 0 Å². The molecule has 4 heteroatoms. The van der Waals surface area contributed by atoms with Crippen molar-refractivity contribution in [2.45, 2.75) is 33.6 Å². The Morgan fingerprint density at radius 3 is 2.52 bits per heavy atom. The Balaban J connectivity index is 1.68. The zero-order valence-corrected chi connectivity index (χ0v) is 15.2. The van der Waals surface area contributed by atoms with Gasteiger partial charge >= 0.3 is 0 Å². The van der Waals surface area contributed by atoms with Crippen LogP contribution in [0.25, 0.3) is 10.8 Å². The second-order valence-corrected chi connectivity index (χ2v) is 7.89. The lowest BCUT2D eigenvalue weighted by molar-refractivity contribution is -0.142. The molecule has 1 fully saturated rings. The van der Waals surface area contributed by atoms with E-state index in [1.165, 1.54) is 0 Å². The molecule has 1 aliphatic heterocycles. The fourth-order valence-electron chi connectivity index (χ4n) is 3.36. The van der Waals surface area contributed by atoms with E-state index in [-0.39, 0.29) is 17.7 Å². The molecule has 1 heterocycles. The Morgan fingerprint density at radius 2 is 1.80 bits per heavy atom. The molecule has 0 bridgehead atoms. The van der Waals surface area contributed by atoms with E-state index in [0.29, 0.717) is 6.54 Å². The maximum Gasteiger partial charge on any atom is 0.229 e. The highest BCUT2D eigenvalue weighted by Crippen LogP contribution is 2.25. The van der Waals surface area contributed by atoms with Gasteiger partial charge in [0.1, 0.15) is 0 Å². The van der Waals surface area contributed by atoms with Crippen molar-refractivity contribution in [2.75, 3.05) is 18.4 Å². The molecule has 2 aromatic carbocycles. The Labute approximate surface area is 149 Å². The highest BCUT2D eigenvalue weighted by Gasteiger charge is 2.33. The van der Waals surface area contributed by atoms with Crippen LogP contribution >= 0.6 is 0 Å². The molecule has 1 aliphatic rings. The Kier molecular flexibility index (Phi) is 4.80. The van der Waals surface area contributed by atoms with Crippen molar-refractivity contribution in [1.29, 1.82) is 0 Å². The predicted octanol–water partition coefficient (Wildman–Crippen LogP) is 4.06. The number of hydrogen-bond donors (Lipinski definition) is 1. The van der Waals surface area contributed by atoms with E-state index in [2.05, 4.69) is 11.4 Å². The summed E-state index contributed by atoms with van der Waals surface area (Å²) in [5.74, 6) is -0.0242. The predicted molar refractivity (Wildman–Crippen MR) is 101 cm³/mol. The maximum atomic E-state index is 12.7. The molecule has 0 aliphatic carbocycles. The first kappa shape index (κ1) is 17.5. The van der Waals surface area contributed by atoms with Crippen molar-refractivity contribution in [3.8, 4) is 0 Å². The third kappa shape index (κ3) is 4.01. The summed E-state index contributed by atoms with van der Waals surface area (Å²) < 4.78 is 0. The fraction of sp³-hybridized carbons (Fsp3) is 0.429. The Bertz CT molecular complexity index is 792. The molecule has 4 nitrogen and oxygen atoms in total. The minimum Gasteiger partial charge on any atom is -0.341 e. The van der Waals surface area contributed by atoms with Crippen molar-refractivity contribution in [3.63, 3.8) is 0 Å². The van der Waals surface area contributed by atoms with Gasteiger partial charge in [0.05, 0.1) is 5.92 Å². The van der Waals surface area contributed by atoms with E-state index in [1.807, 2.05) is 62.1 Å². The van der Waals surface area contributed by atoms with Gasteiger partial charge in [-0.25, -0.2) is 0 Å². The van der Waals surface area contributed by atoms with Gasteiger partial charge in [-0.05, 0) is 35.7 Å². The zero-order chi connectivity index (χ0) is 18.0. The van der Waals surface area contributed by atoms with Crippen molar-refractivity contribution in [1.82, 2.24) is 4.90 Å². The van der Waals surface area contributed by atoms with Gasteiger partial charge < -0.3 is 10.2 Å². The van der Waals surface area contributed by atoms with Crippen molar-refractivity contribution in [2.24, 2.45) is 11.3 Å². The number of anilines is 1. The number of likely N-dealkylation sites (tertiary alicyclic amines) is 1. The van der Waals surface area contributed by atoms with E-state index < -0.39 is 5.41 Å². The molecule has 132 valence electrons. The summed E-state index contributed by atoms with van der Waals surface area (Å²) >= 11 is 0. The summed E-state index contributed by atoms with van der Waals surface area (Å²) in [5, 5.41) is 5.28. The summed E-state index contributed by atoms with van der Waals surface area (Å²) in [6.45, 7) is 7.03. The van der Waals surface area contributed by atoms with Gasteiger partial charge in [-0.1, -0.05) is 51.1 Å². The average molecular weight is 338 g/mol. The smallest absolute Gasteiger partial charge is 0.229 e. The molecule has 25 heavy (non-hydrogen) atoms. The van der Waals surface area contributed by atoms with E-state index in [1.54, 1.807) is 0 Å². The van der Waals surface area contributed by atoms with Crippen LogP contribution in [-0.4, -0.2) is 29.8 Å². The lowest BCUT2D eigenvalue weighted by atomic mass is 9.91. The van der Waals surface area contributed by atoms with Crippen LogP contribution in [0.5, 0.6) is 0 Å². The summed E-state index contributed by atoms with van der Waals surface area (Å²) in [4.78, 5) is 27.0. The molecule has 3 rings (SSSR count). The fourth-order valence-corrected chi connectivity index (χ4v) is 3.36. The van der Waals surface area contributed by atoms with Crippen molar-refractivity contribution < 1.29 is 9.59 Å². The van der Waals surface area contributed by atoms with Gasteiger partial charge in [-0.3, -0.25) is 9.59 Å². The third-order valence-electron chi connectivity index (χ3n) is 4.74. The quantitative estimate of drug-likeness (QED) is 0.897. The number of carbonyl (C=O) groups excluding carboxylic acids is 2. The number of hydrogen-bond acceptors (Lipinski definition) is 2. The second-order valence-electron chi connectivity index (χ2n) is 7.89. The second kappa shape index (κ2) is 6.87. The summed E-state index contributed by atoms with van der Waals surface area (Å²) in [7, 11) is 0. The average Bonchev–Trinajstić information content (AvgIpc) is 2.60. The molecule has 0 saturated carbocycles. The Morgan fingerprint density at radius 1 is 1.08 bits per heavy atom. The van der Waals surface area contributed by atoms with E-state index in [9.17, 15) is 9.59 Å². The minimum absolute atomic E-state index is 0.00157. The monoisotopic (exact) mass is 338 g/mol. The molecule has 1 atom stereocenters. The van der Waals surface area contributed by atoms with E-state index in [4.69, 9.17) is 0 Å². The number of nitrogens with one attached hydrogen (secondary N) is 1. The number of piperidine rings is 1. The van der Waals surface area contributed by atoms with Crippen LogP contribution in [0.1, 0.15) is 33.6 Å². The van der Waals surface area contributed by atoms with E-state index in [0.717, 1.165) is 35.8 Å². The number of carbonyl (C=O) groups is 2. The molecule has 0 spiro atoms. The lowest BCUT2D eigenvalue weighted by Gasteiger charge is -2.35. The van der Waals surface area contributed by atoms with Gasteiger partial charge in [-0.2, -0.15) is 0 Å². The van der Waals surface area contributed by atoms with Crippen molar-refractivity contribution >= 4 is 28.3 Å². The van der Waals surface area contributed by atoms with Crippen LogP contribution in [0, 0.1) is 11.3 Å². The van der Waals surface area contributed by atoms with Crippen LogP contribution in [0.4, 0.5) is 5.69 Å². The standard InChI is InChI=1S/C21H26N2O2/c1-21(2,3)20(25)23-12-6-9-17(14-23)19(24)22-18-11-10-15-7-4-5-8-16(15)13-18/h4-5,7-8,10-11,13,17H,6,9,12,14H2,1-3H3,(H,22,24). The first-order chi connectivity index (χ1) is 11.8. The first-order valence-corrected chi connectivity index (χ1v) is 8.93. The van der Waals surface area contributed by atoms with Crippen LogP contribution in [-0.2, 0) is 9.59 Å². The van der Waals surface area contributed by atoms with Gasteiger partial charge in [0.25, 0.3) is 0 Å². The zero-order valence-electron chi connectivity index (χ0n) is 15.2. The number of rotatable bonds is 2. The summed E-state index contributed by atoms with van der Waals surface area (Å²) in [5.41, 5.74) is 0.402. The summed E-state index contributed by atoms with van der Waals surface area (Å²) in [6.07, 6.45) is 1.70. The normalized spacial score (nSPS) is 18.2. The topological polar surface area (TPSA) is 49.4 Å². The molecule has 1 N–H and O–H groups in total. The molecule has 2 aromatic rings.